The number of aromatic nitrogens is 5. The molecule has 2 aromatic carbocycles. The Morgan fingerprint density at radius 1 is 0.968 bits per heavy atom. The van der Waals surface area contributed by atoms with Crippen molar-refractivity contribution in [2.45, 2.75) is 0 Å². The van der Waals surface area contributed by atoms with E-state index >= 15 is 0 Å². The van der Waals surface area contributed by atoms with Gasteiger partial charge in [0, 0.05) is 17.8 Å². The largest absolute Gasteiger partial charge is 0.495 e. The van der Waals surface area contributed by atoms with Crippen LogP contribution in [0.25, 0.3) is 5.82 Å². The minimum atomic E-state index is 0.144. The average Bonchev–Trinajstić information content (AvgIpc) is 3.15. The van der Waals surface area contributed by atoms with Gasteiger partial charge in [-0.25, -0.2) is 9.97 Å². The van der Waals surface area contributed by atoms with Gasteiger partial charge in [0.25, 0.3) is 0 Å². The zero-order valence-corrected chi connectivity index (χ0v) is 17.5. The smallest absolute Gasteiger partial charge is 0.249 e. The van der Waals surface area contributed by atoms with Crippen molar-refractivity contribution in [2.75, 3.05) is 30.6 Å². The summed E-state index contributed by atoms with van der Waals surface area (Å²) in [7, 11) is 3.07. The van der Waals surface area contributed by atoms with E-state index in [0.29, 0.717) is 33.8 Å². The second-order valence-electron chi connectivity index (χ2n) is 6.27. The van der Waals surface area contributed by atoms with Gasteiger partial charge >= 0.3 is 0 Å². The number of methoxy groups -OCH3 is 2. The molecule has 11 heteroatoms. The number of benzene rings is 2. The Hall–Kier alpha value is -4.05. The number of nitrogens with one attached hydrogen (secondary N) is 2. The molecule has 4 N–H and O–H groups in total. The summed E-state index contributed by atoms with van der Waals surface area (Å²) < 4.78 is 12.0. The van der Waals surface area contributed by atoms with Gasteiger partial charge in [-0.3, -0.25) is 0 Å². The molecule has 0 bridgehead atoms. The van der Waals surface area contributed by atoms with E-state index in [2.05, 4.69) is 30.7 Å². The van der Waals surface area contributed by atoms with Crippen molar-refractivity contribution in [3.63, 3.8) is 0 Å². The summed E-state index contributed by atoms with van der Waals surface area (Å²) >= 11 is 6.23. The Bertz CT molecular complexity index is 1200. The number of hydrogen-bond donors (Lipinski definition) is 3. The molecule has 0 saturated heterocycles. The molecule has 2 aromatic heterocycles. The molecule has 4 aromatic rings. The van der Waals surface area contributed by atoms with E-state index in [9.17, 15) is 0 Å². The third-order valence-corrected chi connectivity index (χ3v) is 4.56. The number of rotatable bonds is 7. The molecule has 0 atom stereocenters. The summed E-state index contributed by atoms with van der Waals surface area (Å²) in [6.45, 7) is 0. The molecular weight excluding hydrogens is 420 g/mol. The maximum Gasteiger partial charge on any atom is 0.249 e. The van der Waals surface area contributed by atoms with Crippen LogP contribution in [0.15, 0.2) is 54.9 Å². The number of hydrogen-bond acceptors (Lipinski definition) is 9. The molecule has 31 heavy (non-hydrogen) atoms. The molecule has 0 fully saturated rings. The van der Waals surface area contributed by atoms with Gasteiger partial charge in [-0.05, 0) is 18.2 Å². The molecule has 2 heterocycles. The number of nitrogens with zero attached hydrogens (tertiary/aromatic N) is 5. The van der Waals surface area contributed by atoms with Crippen LogP contribution >= 0.6 is 11.6 Å². The van der Waals surface area contributed by atoms with E-state index in [0.717, 1.165) is 5.69 Å². The van der Waals surface area contributed by atoms with E-state index in [-0.39, 0.29) is 11.9 Å². The van der Waals surface area contributed by atoms with Crippen molar-refractivity contribution in [3.05, 3.63) is 59.9 Å². The van der Waals surface area contributed by atoms with Crippen molar-refractivity contribution in [3.8, 4) is 17.3 Å². The maximum atomic E-state index is 6.23. The summed E-state index contributed by atoms with van der Waals surface area (Å²) in [5.41, 5.74) is 7.52. The first kappa shape index (κ1) is 20.2. The normalized spacial score (nSPS) is 10.5. The van der Waals surface area contributed by atoms with Crippen LogP contribution in [0.1, 0.15) is 0 Å². The third kappa shape index (κ3) is 4.43. The molecule has 0 aliphatic rings. The monoisotopic (exact) mass is 438 g/mol. The SMILES string of the molecule is COc1cc(OC)c(Nc2nc(N)n(-c3cc(Nc4ccccc4)ncn3)n2)cc1Cl. The maximum absolute atomic E-state index is 6.23. The number of halogens is 1. The first-order chi connectivity index (χ1) is 15.1. The van der Waals surface area contributed by atoms with E-state index in [1.165, 1.54) is 25.2 Å². The Morgan fingerprint density at radius 3 is 2.48 bits per heavy atom. The van der Waals surface area contributed by atoms with Gasteiger partial charge < -0.3 is 25.8 Å². The second kappa shape index (κ2) is 8.76. The molecule has 4 rings (SSSR count). The van der Waals surface area contributed by atoms with Gasteiger partial charge in [0.05, 0.1) is 24.9 Å². The topological polar surface area (TPSA) is 125 Å². The Morgan fingerprint density at radius 2 is 1.74 bits per heavy atom. The molecule has 158 valence electrons. The fourth-order valence-electron chi connectivity index (χ4n) is 2.82. The number of para-hydroxylation sites is 1. The molecule has 0 unspecified atom stereocenters. The zero-order chi connectivity index (χ0) is 21.8. The fourth-order valence-corrected chi connectivity index (χ4v) is 3.07. The number of anilines is 5. The number of ether oxygens (including phenoxy) is 2. The van der Waals surface area contributed by atoms with Crippen LogP contribution in [0.3, 0.4) is 0 Å². The Balaban J connectivity index is 1.60. The summed E-state index contributed by atoms with van der Waals surface area (Å²) in [4.78, 5) is 12.7. The van der Waals surface area contributed by atoms with Crippen LogP contribution in [-0.2, 0) is 0 Å². The van der Waals surface area contributed by atoms with Gasteiger partial charge in [-0.15, -0.1) is 5.10 Å². The predicted molar refractivity (Wildman–Crippen MR) is 119 cm³/mol. The zero-order valence-electron chi connectivity index (χ0n) is 16.7. The molecular formula is C20H19ClN8O2. The third-order valence-electron chi connectivity index (χ3n) is 4.27. The average molecular weight is 439 g/mol. The Kier molecular flexibility index (Phi) is 5.72. The van der Waals surface area contributed by atoms with Gasteiger partial charge in [-0.2, -0.15) is 9.67 Å². The second-order valence-corrected chi connectivity index (χ2v) is 6.68. The van der Waals surface area contributed by atoms with Gasteiger partial charge in [0.1, 0.15) is 23.6 Å². The van der Waals surface area contributed by atoms with E-state index in [4.69, 9.17) is 26.8 Å². The van der Waals surface area contributed by atoms with Gasteiger partial charge in [-0.1, -0.05) is 29.8 Å². The van der Waals surface area contributed by atoms with Crippen molar-refractivity contribution in [1.82, 2.24) is 24.7 Å². The van der Waals surface area contributed by atoms with Crippen molar-refractivity contribution < 1.29 is 9.47 Å². The quantitative estimate of drug-likeness (QED) is 0.395. The summed E-state index contributed by atoms with van der Waals surface area (Å²) in [5.74, 6) is 2.42. The van der Waals surface area contributed by atoms with Crippen molar-refractivity contribution in [1.29, 1.82) is 0 Å². The van der Waals surface area contributed by atoms with Gasteiger partial charge in [0.15, 0.2) is 5.82 Å². The van der Waals surface area contributed by atoms with Crippen LogP contribution in [-0.4, -0.2) is 39.0 Å². The number of nitrogens with two attached hydrogens (primary N) is 1. The lowest BCUT2D eigenvalue weighted by molar-refractivity contribution is 0.396. The van der Waals surface area contributed by atoms with Crippen molar-refractivity contribution >= 4 is 40.7 Å². The highest BCUT2D eigenvalue weighted by atomic mass is 35.5. The fraction of sp³-hybridized carbons (Fsp3) is 0.100. The summed E-state index contributed by atoms with van der Waals surface area (Å²) in [6, 6.07) is 14.7. The molecule has 10 nitrogen and oxygen atoms in total. The molecule has 0 spiro atoms. The first-order valence-corrected chi connectivity index (χ1v) is 9.50. The molecule has 0 aliphatic heterocycles. The molecule has 0 radical (unpaired) electrons. The van der Waals surface area contributed by atoms with Gasteiger partial charge in [0.2, 0.25) is 11.9 Å². The molecule has 0 amide bonds. The Labute approximate surface area is 183 Å². The van der Waals surface area contributed by atoms with Crippen LogP contribution in [0.4, 0.5) is 29.1 Å². The van der Waals surface area contributed by atoms with Crippen LogP contribution in [0.5, 0.6) is 11.5 Å². The standard InChI is InChI=1S/C20H19ClN8O2/c1-30-15-9-16(31-2)14(8-13(15)21)26-20-27-19(22)29(28-20)18-10-17(23-11-24-18)25-12-6-4-3-5-7-12/h3-11H,1-2H3,(H,23,24,25)(H3,22,26,27,28). The first-order valence-electron chi connectivity index (χ1n) is 9.13. The molecule has 0 aliphatic carbocycles. The van der Waals surface area contributed by atoms with Crippen LogP contribution in [0.2, 0.25) is 5.02 Å². The van der Waals surface area contributed by atoms with E-state index in [1.54, 1.807) is 18.2 Å². The lowest BCUT2D eigenvalue weighted by Gasteiger charge is -2.12. The minimum Gasteiger partial charge on any atom is -0.495 e. The highest BCUT2D eigenvalue weighted by Gasteiger charge is 2.15. The van der Waals surface area contributed by atoms with Crippen LogP contribution < -0.4 is 25.8 Å². The summed E-state index contributed by atoms with van der Waals surface area (Å²) in [6.07, 6.45) is 1.42. The predicted octanol–water partition coefficient (Wildman–Crippen LogP) is 3.80. The number of nitrogen functional groups attached to an aromatic ring is 1. The summed E-state index contributed by atoms with van der Waals surface area (Å²) in [5, 5.41) is 11.1. The van der Waals surface area contributed by atoms with E-state index in [1.807, 2.05) is 30.3 Å². The van der Waals surface area contributed by atoms with E-state index < -0.39 is 0 Å². The molecule has 0 saturated carbocycles. The lowest BCUT2D eigenvalue weighted by atomic mass is 10.2. The minimum absolute atomic E-state index is 0.144. The highest BCUT2D eigenvalue weighted by Crippen LogP contribution is 2.37. The lowest BCUT2D eigenvalue weighted by Crippen LogP contribution is -2.06. The highest BCUT2D eigenvalue weighted by molar-refractivity contribution is 6.32. The van der Waals surface area contributed by atoms with Crippen molar-refractivity contribution in [2.24, 2.45) is 0 Å². The van der Waals surface area contributed by atoms with Crippen LogP contribution in [0, 0.1) is 0 Å².